The van der Waals surface area contributed by atoms with Crippen molar-refractivity contribution in [3.63, 3.8) is 0 Å². The predicted molar refractivity (Wildman–Crippen MR) is 82.8 cm³/mol. The maximum absolute atomic E-state index is 12.8. The average molecular weight is 317 g/mol. The monoisotopic (exact) mass is 317 g/mol. The van der Waals surface area contributed by atoms with Gasteiger partial charge in [-0.3, -0.25) is 4.68 Å². The van der Waals surface area contributed by atoms with Crippen LogP contribution in [-0.2, 0) is 15.4 Å². The largest absolute Gasteiger partial charge is 0.395 e. The first kappa shape index (κ1) is 18.1. The van der Waals surface area contributed by atoms with Crippen molar-refractivity contribution in [2.75, 3.05) is 19.7 Å². The van der Waals surface area contributed by atoms with Crippen LogP contribution >= 0.6 is 0 Å². The smallest absolute Gasteiger partial charge is 0.246 e. The van der Waals surface area contributed by atoms with Gasteiger partial charge in [0.15, 0.2) is 0 Å². The highest BCUT2D eigenvalue weighted by molar-refractivity contribution is 7.89. The minimum Gasteiger partial charge on any atom is -0.395 e. The molecule has 0 aromatic carbocycles. The van der Waals surface area contributed by atoms with Gasteiger partial charge in [0.2, 0.25) is 10.0 Å². The van der Waals surface area contributed by atoms with E-state index in [1.165, 1.54) is 4.31 Å². The van der Waals surface area contributed by atoms with Crippen LogP contribution in [0.25, 0.3) is 0 Å². The standard InChI is InChI=1S/C14H27N3O3S/c1-7-16(8-9-18)21(19,20)12-10-17(11(2)3)15-13(12)14(4,5)6/h10-11,18H,7-9H2,1-6H3. The Morgan fingerprint density at radius 1 is 1.38 bits per heavy atom. The molecule has 0 radical (unpaired) electrons. The molecule has 21 heavy (non-hydrogen) atoms. The van der Waals surface area contributed by atoms with Gasteiger partial charge in [-0.1, -0.05) is 27.7 Å². The molecule has 1 aromatic rings. The highest BCUT2D eigenvalue weighted by Crippen LogP contribution is 2.30. The van der Waals surface area contributed by atoms with Crippen LogP contribution in [0.15, 0.2) is 11.1 Å². The van der Waals surface area contributed by atoms with E-state index in [1.807, 2.05) is 34.6 Å². The zero-order valence-corrected chi connectivity index (χ0v) is 14.6. The normalized spacial score (nSPS) is 13.4. The summed E-state index contributed by atoms with van der Waals surface area (Å²) in [6.07, 6.45) is 1.60. The van der Waals surface area contributed by atoms with Gasteiger partial charge in [0.1, 0.15) is 4.90 Å². The molecule has 1 rings (SSSR count). The first-order valence-electron chi connectivity index (χ1n) is 7.26. The average Bonchev–Trinajstić information content (AvgIpc) is 2.81. The van der Waals surface area contributed by atoms with Gasteiger partial charge < -0.3 is 5.11 Å². The lowest BCUT2D eigenvalue weighted by Crippen LogP contribution is -2.34. The molecule has 0 atom stereocenters. The molecule has 7 heteroatoms. The number of hydrogen-bond acceptors (Lipinski definition) is 4. The molecule has 0 spiro atoms. The van der Waals surface area contributed by atoms with E-state index in [2.05, 4.69) is 5.10 Å². The Balaban J connectivity index is 3.46. The Kier molecular flexibility index (Phi) is 5.57. The van der Waals surface area contributed by atoms with E-state index in [0.29, 0.717) is 12.2 Å². The van der Waals surface area contributed by atoms with Crippen molar-refractivity contribution in [1.29, 1.82) is 0 Å². The summed E-state index contributed by atoms with van der Waals surface area (Å²) in [5, 5.41) is 13.5. The summed E-state index contributed by atoms with van der Waals surface area (Å²) in [6.45, 7) is 11.7. The lowest BCUT2D eigenvalue weighted by Gasteiger charge is -2.22. The number of hydrogen-bond donors (Lipinski definition) is 1. The molecular formula is C14H27N3O3S. The number of nitrogens with zero attached hydrogens (tertiary/aromatic N) is 3. The second-order valence-corrected chi connectivity index (χ2v) is 8.29. The quantitative estimate of drug-likeness (QED) is 0.867. The van der Waals surface area contributed by atoms with Gasteiger partial charge >= 0.3 is 0 Å². The molecule has 1 heterocycles. The van der Waals surface area contributed by atoms with E-state index >= 15 is 0 Å². The molecule has 0 bridgehead atoms. The van der Waals surface area contributed by atoms with Crippen LogP contribution in [0.5, 0.6) is 0 Å². The number of aliphatic hydroxyl groups excluding tert-OH is 1. The molecule has 0 aliphatic heterocycles. The first-order valence-corrected chi connectivity index (χ1v) is 8.70. The molecule has 0 unspecified atom stereocenters. The summed E-state index contributed by atoms with van der Waals surface area (Å²) in [5.41, 5.74) is 0.189. The molecule has 0 saturated heterocycles. The second-order valence-electron chi connectivity index (χ2n) is 6.39. The molecule has 0 fully saturated rings. The summed E-state index contributed by atoms with van der Waals surface area (Å²) in [5.74, 6) is 0. The lowest BCUT2D eigenvalue weighted by atomic mass is 9.92. The van der Waals surface area contributed by atoms with Gasteiger partial charge in [0.25, 0.3) is 0 Å². The molecule has 1 aromatic heterocycles. The maximum Gasteiger partial charge on any atom is 0.246 e. The Labute approximate surface area is 127 Å². The SMILES string of the molecule is CCN(CCO)S(=O)(=O)c1cn(C(C)C)nc1C(C)(C)C. The van der Waals surface area contributed by atoms with E-state index in [1.54, 1.807) is 17.8 Å². The van der Waals surface area contributed by atoms with Crippen LogP contribution in [0, 0.1) is 0 Å². The third-order valence-corrected chi connectivity index (χ3v) is 5.23. The van der Waals surface area contributed by atoms with E-state index in [-0.39, 0.29) is 29.5 Å². The summed E-state index contributed by atoms with van der Waals surface area (Å²) in [6, 6.07) is 0.0861. The van der Waals surface area contributed by atoms with Crippen molar-refractivity contribution in [3.8, 4) is 0 Å². The van der Waals surface area contributed by atoms with Crippen molar-refractivity contribution < 1.29 is 13.5 Å². The van der Waals surface area contributed by atoms with Crippen molar-refractivity contribution in [1.82, 2.24) is 14.1 Å². The second kappa shape index (κ2) is 6.46. The van der Waals surface area contributed by atoms with Crippen LogP contribution < -0.4 is 0 Å². The fourth-order valence-electron chi connectivity index (χ4n) is 2.05. The molecule has 0 aliphatic carbocycles. The number of sulfonamides is 1. The zero-order valence-electron chi connectivity index (χ0n) is 13.8. The molecule has 122 valence electrons. The van der Waals surface area contributed by atoms with Crippen LogP contribution in [0.2, 0.25) is 0 Å². The Hall–Kier alpha value is -0.920. The number of aromatic nitrogens is 2. The Morgan fingerprint density at radius 2 is 1.95 bits per heavy atom. The molecule has 1 N–H and O–H groups in total. The fraction of sp³-hybridized carbons (Fsp3) is 0.786. The van der Waals surface area contributed by atoms with Crippen molar-refractivity contribution in [2.45, 2.75) is 57.9 Å². The molecular weight excluding hydrogens is 290 g/mol. The first-order chi connectivity index (χ1) is 9.55. The summed E-state index contributed by atoms with van der Waals surface area (Å²) >= 11 is 0. The van der Waals surface area contributed by atoms with Crippen LogP contribution in [0.1, 0.15) is 53.3 Å². The topological polar surface area (TPSA) is 75.4 Å². The van der Waals surface area contributed by atoms with Crippen molar-refractivity contribution >= 4 is 10.0 Å². The fourth-order valence-corrected chi connectivity index (χ4v) is 3.82. The van der Waals surface area contributed by atoms with Gasteiger partial charge in [-0.05, 0) is 13.8 Å². The number of rotatable bonds is 6. The highest BCUT2D eigenvalue weighted by atomic mass is 32.2. The third kappa shape index (κ3) is 3.84. The molecule has 6 nitrogen and oxygen atoms in total. The van der Waals surface area contributed by atoms with Gasteiger partial charge in [0.05, 0.1) is 12.3 Å². The van der Waals surface area contributed by atoms with Gasteiger partial charge in [0, 0.05) is 30.7 Å². The lowest BCUT2D eigenvalue weighted by molar-refractivity contribution is 0.257. The number of likely N-dealkylation sites (N-methyl/N-ethyl adjacent to an activating group) is 1. The molecule has 0 saturated carbocycles. The van der Waals surface area contributed by atoms with Crippen molar-refractivity contribution in [2.24, 2.45) is 0 Å². The summed E-state index contributed by atoms with van der Waals surface area (Å²) in [4.78, 5) is 0.235. The Bertz CT molecular complexity index is 571. The van der Waals surface area contributed by atoms with Crippen LogP contribution in [-0.4, -0.2) is 47.3 Å². The minimum atomic E-state index is -3.65. The van der Waals surface area contributed by atoms with Gasteiger partial charge in [-0.15, -0.1) is 0 Å². The Morgan fingerprint density at radius 3 is 2.33 bits per heavy atom. The molecule has 0 aliphatic rings. The maximum atomic E-state index is 12.8. The van der Waals surface area contributed by atoms with Gasteiger partial charge in [-0.2, -0.15) is 9.40 Å². The van der Waals surface area contributed by atoms with Crippen LogP contribution in [0.4, 0.5) is 0 Å². The third-order valence-electron chi connectivity index (χ3n) is 3.26. The van der Waals surface area contributed by atoms with E-state index < -0.39 is 10.0 Å². The van der Waals surface area contributed by atoms with Crippen molar-refractivity contribution in [3.05, 3.63) is 11.9 Å². The summed E-state index contributed by atoms with van der Waals surface area (Å²) in [7, 11) is -3.65. The van der Waals surface area contributed by atoms with Gasteiger partial charge in [-0.25, -0.2) is 8.42 Å². The van der Waals surface area contributed by atoms with Crippen LogP contribution in [0.3, 0.4) is 0 Å². The minimum absolute atomic E-state index is 0.0861. The van der Waals surface area contributed by atoms with E-state index in [9.17, 15) is 8.42 Å². The highest BCUT2D eigenvalue weighted by Gasteiger charge is 2.33. The number of aliphatic hydroxyl groups is 1. The van der Waals surface area contributed by atoms with E-state index in [0.717, 1.165) is 0 Å². The molecule has 0 amide bonds. The predicted octanol–water partition coefficient (Wildman–Crippen LogP) is 1.76. The van der Waals surface area contributed by atoms with E-state index in [4.69, 9.17) is 5.11 Å². The zero-order chi connectivity index (χ0) is 16.4. The summed E-state index contributed by atoms with van der Waals surface area (Å²) < 4.78 is 28.6.